The predicted octanol–water partition coefficient (Wildman–Crippen LogP) is 3.32. The Morgan fingerprint density at radius 3 is 2.54 bits per heavy atom. The highest BCUT2D eigenvalue weighted by Crippen LogP contribution is 2.29. The van der Waals surface area contributed by atoms with Crippen LogP contribution in [0.15, 0.2) is 35.3 Å². The highest BCUT2D eigenvalue weighted by molar-refractivity contribution is 14.0. The van der Waals surface area contributed by atoms with Crippen molar-refractivity contribution in [3.05, 3.63) is 35.2 Å². The van der Waals surface area contributed by atoms with Crippen LogP contribution in [-0.2, 0) is 9.84 Å². The molecule has 0 radical (unpaired) electrons. The van der Waals surface area contributed by atoms with Gasteiger partial charge in [-0.1, -0.05) is 18.2 Å². The fourth-order valence-electron chi connectivity index (χ4n) is 2.39. The zero-order chi connectivity index (χ0) is 20.1. The monoisotopic (exact) mass is 539 g/mol. The lowest BCUT2D eigenvalue weighted by atomic mass is 10.2. The smallest absolute Gasteiger partial charge is 0.191 e. The number of thiophene rings is 1. The lowest BCUT2D eigenvalue weighted by molar-refractivity contribution is 0.191. The summed E-state index contributed by atoms with van der Waals surface area (Å²) in [4.78, 5) is 5.26. The van der Waals surface area contributed by atoms with E-state index in [0.29, 0.717) is 12.5 Å². The van der Waals surface area contributed by atoms with Crippen molar-refractivity contribution in [3.63, 3.8) is 0 Å². The Bertz CT molecular complexity index is 856. The first kappa shape index (κ1) is 25.1. The summed E-state index contributed by atoms with van der Waals surface area (Å²) in [7, 11) is -3.19. The molecular weight excluding hydrogens is 509 g/mol. The van der Waals surface area contributed by atoms with Gasteiger partial charge in [0.15, 0.2) is 15.8 Å². The number of hydrogen-bond donors (Lipinski definition) is 3. The van der Waals surface area contributed by atoms with Crippen molar-refractivity contribution < 1.29 is 13.5 Å². The number of aliphatic hydroxyl groups excluding tert-OH is 1. The van der Waals surface area contributed by atoms with Crippen LogP contribution in [0.5, 0.6) is 0 Å². The molecule has 0 saturated heterocycles. The van der Waals surface area contributed by atoms with E-state index < -0.39 is 20.7 Å². The molecule has 0 aliphatic rings. The number of hydrogen-bond acceptors (Lipinski definition) is 5. The number of benzene rings is 1. The minimum atomic E-state index is -3.19. The van der Waals surface area contributed by atoms with Gasteiger partial charge < -0.3 is 15.7 Å². The number of sulfone groups is 1. The normalized spacial score (nSPS) is 13.8. The summed E-state index contributed by atoms with van der Waals surface area (Å²) < 4.78 is 24.7. The van der Waals surface area contributed by atoms with E-state index in [1.807, 2.05) is 37.3 Å². The zero-order valence-corrected chi connectivity index (χ0v) is 20.7. The molecular formula is C19H30IN3O3S2. The van der Waals surface area contributed by atoms with Gasteiger partial charge in [-0.05, 0) is 45.2 Å². The minimum Gasteiger partial charge on any atom is -0.386 e. The Hall–Kier alpha value is -0.910. The van der Waals surface area contributed by atoms with Crippen molar-refractivity contribution in [1.29, 1.82) is 0 Å². The van der Waals surface area contributed by atoms with Gasteiger partial charge in [-0.15, -0.1) is 35.3 Å². The Kier molecular flexibility index (Phi) is 9.65. The van der Waals surface area contributed by atoms with Crippen LogP contribution in [0.1, 0.15) is 38.7 Å². The summed E-state index contributed by atoms with van der Waals surface area (Å²) in [5.41, 5.74) is 0. The maximum absolute atomic E-state index is 12.2. The van der Waals surface area contributed by atoms with Gasteiger partial charge in [-0.2, -0.15) is 0 Å². The number of nitrogens with one attached hydrogen (secondary N) is 2. The largest absolute Gasteiger partial charge is 0.386 e. The molecule has 1 aromatic carbocycles. The molecule has 0 aliphatic heterocycles. The molecule has 0 amide bonds. The van der Waals surface area contributed by atoms with Crippen molar-refractivity contribution in [2.45, 2.75) is 38.5 Å². The van der Waals surface area contributed by atoms with Crippen LogP contribution in [0, 0.1) is 0 Å². The van der Waals surface area contributed by atoms with E-state index in [-0.39, 0.29) is 42.8 Å². The average Bonchev–Trinajstić information content (AvgIpc) is 3.02. The molecule has 2 aromatic rings. The topological polar surface area (TPSA) is 90.8 Å². The van der Waals surface area contributed by atoms with Gasteiger partial charge in [0.2, 0.25) is 0 Å². The lowest BCUT2D eigenvalue weighted by Gasteiger charge is -2.20. The molecule has 0 bridgehead atoms. The number of aliphatic hydroxyl groups is 1. The fraction of sp³-hybridized carbons (Fsp3) is 0.526. The SMILES string of the molecule is CCNC(=NCC(O)c1cc2ccccc2s1)NCCS(=O)(=O)C(C)(C)C.I. The summed E-state index contributed by atoms with van der Waals surface area (Å²) in [5.74, 6) is 0.529. The summed E-state index contributed by atoms with van der Waals surface area (Å²) >= 11 is 1.55. The second-order valence-corrected chi connectivity index (χ2v) is 11.3. The molecule has 0 saturated carbocycles. The number of nitrogens with zero attached hydrogens (tertiary/aromatic N) is 1. The van der Waals surface area contributed by atoms with Gasteiger partial charge in [-0.25, -0.2) is 8.42 Å². The van der Waals surface area contributed by atoms with Gasteiger partial charge in [-0.3, -0.25) is 4.99 Å². The molecule has 0 aliphatic carbocycles. The van der Waals surface area contributed by atoms with Crippen molar-refractivity contribution in [2.24, 2.45) is 4.99 Å². The quantitative estimate of drug-likeness (QED) is 0.286. The van der Waals surface area contributed by atoms with Gasteiger partial charge in [0.1, 0.15) is 6.10 Å². The lowest BCUT2D eigenvalue weighted by Crippen LogP contribution is -2.42. The predicted molar refractivity (Wildman–Crippen MR) is 130 cm³/mol. The molecule has 1 aromatic heterocycles. The molecule has 3 N–H and O–H groups in total. The van der Waals surface area contributed by atoms with Gasteiger partial charge in [0.05, 0.1) is 17.0 Å². The van der Waals surface area contributed by atoms with Crippen molar-refractivity contribution in [3.8, 4) is 0 Å². The number of guanidine groups is 1. The zero-order valence-electron chi connectivity index (χ0n) is 16.7. The summed E-state index contributed by atoms with van der Waals surface area (Å²) in [6.45, 7) is 8.15. The second kappa shape index (κ2) is 10.7. The molecule has 9 heteroatoms. The second-order valence-electron chi connectivity index (χ2n) is 7.28. The third kappa shape index (κ3) is 6.85. The van der Waals surface area contributed by atoms with Crippen LogP contribution in [0.4, 0.5) is 0 Å². The molecule has 1 unspecified atom stereocenters. The number of fused-ring (bicyclic) bond motifs is 1. The van der Waals surface area contributed by atoms with Crippen LogP contribution >= 0.6 is 35.3 Å². The highest BCUT2D eigenvalue weighted by Gasteiger charge is 2.28. The first-order chi connectivity index (χ1) is 12.6. The molecule has 2 rings (SSSR count). The van der Waals surface area contributed by atoms with E-state index in [9.17, 15) is 13.5 Å². The fourth-order valence-corrected chi connectivity index (χ4v) is 4.41. The van der Waals surface area contributed by atoms with Crippen LogP contribution in [0.2, 0.25) is 0 Å². The standard InChI is InChI=1S/C19H29N3O3S2.HI/c1-5-20-18(21-10-11-27(24,25)19(2,3)4)22-13-15(23)17-12-14-8-6-7-9-16(14)26-17;/h6-9,12,15,23H,5,10-11,13H2,1-4H3,(H2,20,21,22);1H. The van der Waals surface area contributed by atoms with Gasteiger partial charge in [0.25, 0.3) is 0 Å². The minimum absolute atomic E-state index is 0. The van der Waals surface area contributed by atoms with E-state index in [4.69, 9.17) is 0 Å². The van der Waals surface area contributed by atoms with Gasteiger partial charge in [0, 0.05) is 22.7 Å². The molecule has 28 heavy (non-hydrogen) atoms. The number of rotatable bonds is 7. The number of halogens is 1. The first-order valence-corrected chi connectivity index (χ1v) is 11.5. The van der Waals surface area contributed by atoms with E-state index in [1.165, 1.54) is 0 Å². The maximum atomic E-state index is 12.2. The van der Waals surface area contributed by atoms with Crippen LogP contribution in [0.3, 0.4) is 0 Å². The van der Waals surface area contributed by atoms with Gasteiger partial charge >= 0.3 is 0 Å². The highest BCUT2D eigenvalue weighted by atomic mass is 127. The average molecular weight is 540 g/mol. The van der Waals surface area contributed by atoms with E-state index in [1.54, 1.807) is 32.1 Å². The number of aliphatic imine (C=N–C) groups is 1. The van der Waals surface area contributed by atoms with Crippen LogP contribution in [-0.4, -0.2) is 49.6 Å². The molecule has 6 nitrogen and oxygen atoms in total. The Labute approximate surface area is 188 Å². The van der Waals surface area contributed by atoms with E-state index in [2.05, 4.69) is 15.6 Å². The van der Waals surface area contributed by atoms with E-state index in [0.717, 1.165) is 15.0 Å². The summed E-state index contributed by atoms with van der Waals surface area (Å²) in [6, 6.07) is 9.98. The third-order valence-electron chi connectivity index (χ3n) is 4.14. The first-order valence-electron chi connectivity index (χ1n) is 9.05. The molecule has 0 spiro atoms. The molecule has 1 heterocycles. The maximum Gasteiger partial charge on any atom is 0.191 e. The van der Waals surface area contributed by atoms with Crippen molar-refractivity contribution in [2.75, 3.05) is 25.4 Å². The van der Waals surface area contributed by atoms with Crippen LogP contribution < -0.4 is 10.6 Å². The Morgan fingerprint density at radius 1 is 1.25 bits per heavy atom. The molecule has 0 fully saturated rings. The van der Waals surface area contributed by atoms with Crippen molar-refractivity contribution >= 4 is 61.2 Å². The Balaban J connectivity index is 0.00000392. The van der Waals surface area contributed by atoms with E-state index >= 15 is 0 Å². The summed E-state index contributed by atoms with van der Waals surface area (Å²) in [6.07, 6.45) is -0.698. The Morgan fingerprint density at radius 2 is 1.93 bits per heavy atom. The summed E-state index contributed by atoms with van der Waals surface area (Å²) in [5, 5.41) is 17.7. The third-order valence-corrected chi connectivity index (χ3v) is 7.96. The van der Waals surface area contributed by atoms with Crippen molar-refractivity contribution in [1.82, 2.24) is 10.6 Å². The van der Waals surface area contributed by atoms with Crippen LogP contribution in [0.25, 0.3) is 10.1 Å². The molecule has 1 atom stereocenters. The molecule has 158 valence electrons.